The van der Waals surface area contributed by atoms with Gasteiger partial charge in [-0.05, 0) is 144 Å². The Morgan fingerprint density at radius 1 is 0.618 bits per heavy atom. The number of nitrogens with two attached hydrogens (primary N) is 4. The molecule has 17 heteroatoms. The summed E-state index contributed by atoms with van der Waals surface area (Å²) in [7, 11) is 3.24. The number of Topliss-reactive ketones (excluding diaryl/α,β-unsaturated/α-hetero) is 1. The zero-order valence-corrected chi connectivity index (χ0v) is 45.9. The average Bonchev–Trinajstić information content (AvgIpc) is 3.45. The molecule has 4 aromatic carbocycles. The number of carbonyl (C=O) groups is 4. The third-order valence-electron chi connectivity index (χ3n) is 8.42. The fourth-order valence-corrected chi connectivity index (χ4v) is 5.87. The van der Waals surface area contributed by atoms with Crippen LogP contribution in [0.1, 0.15) is 142 Å². The third-order valence-corrected chi connectivity index (χ3v) is 11.1. The summed E-state index contributed by atoms with van der Waals surface area (Å²) in [6.45, 7) is 24.1. The minimum atomic E-state index is -0.639. The number of ketones is 1. The zero-order valence-electron chi connectivity index (χ0n) is 42.5. The van der Waals surface area contributed by atoms with E-state index in [0.29, 0.717) is 6.42 Å². The van der Waals surface area contributed by atoms with Gasteiger partial charge in [0.25, 0.3) is 5.91 Å². The van der Waals surface area contributed by atoms with E-state index in [2.05, 4.69) is 102 Å². The van der Waals surface area contributed by atoms with Crippen molar-refractivity contribution >= 4 is 61.3 Å². The molecular weight excluding hydrogens is 939 g/mol. The SMILES string of the molecule is CC.CC.CC(=O)OCC(N)=O.CC(C)(C)Oc1ccc2c(c1)C(N)c1ccccc1O2.CC(C)(C)Oc1ccc2c(c1)CCc1ccccc1C2N.CCC(=O)COC(C)=O.CN.S=PP=S. The molecule has 0 saturated carbocycles. The van der Waals surface area contributed by atoms with Crippen LogP contribution >= 0.6 is 14.1 Å². The number of hydrogen-bond donors (Lipinski definition) is 4. The summed E-state index contributed by atoms with van der Waals surface area (Å²) in [5.74, 6) is 1.79. The van der Waals surface area contributed by atoms with Crippen molar-refractivity contribution in [1.29, 1.82) is 0 Å². The molecule has 376 valence electrons. The minimum Gasteiger partial charge on any atom is -0.488 e. The highest BCUT2D eigenvalue weighted by molar-refractivity contribution is 8.40. The molecule has 13 nitrogen and oxygen atoms in total. The molecule has 2 atom stereocenters. The molecule has 0 bridgehead atoms. The van der Waals surface area contributed by atoms with Gasteiger partial charge in [0.2, 0.25) is 0 Å². The van der Waals surface area contributed by atoms with E-state index in [1.54, 1.807) is 6.92 Å². The van der Waals surface area contributed by atoms with E-state index in [1.165, 1.54) is 43.1 Å². The summed E-state index contributed by atoms with van der Waals surface area (Å²) in [4.78, 5) is 40.3. The number of esters is 2. The van der Waals surface area contributed by atoms with Crippen LogP contribution in [-0.4, -0.2) is 55.1 Å². The summed E-state index contributed by atoms with van der Waals surface area (Å²) >= 11 is 8.82. The Kier molecular flexibility index (Phi) is 34.0. The Labute approximate surface area is 419 Å². The van der Waals surface area contributed by atoms with Gasteiger partial charge in [0, 0.05) is 45.5 Å². The van der Waals surface area contributed by atoms with Crippen LogP contribution in [0.5, 0.6) is 23.0 Å². The van der Waals surface area contributed by atoms with Gasteiger partial charge in [-0.15, -0.1) is 0 Å². The van der Waals surface area contributed by atoms with Gasteiger partial charge < -0.3 is 46.6 Å². The second-order valence-corrected chi connectivity index (χ2v) is 20.1. The number of carbonyl (C=O) groups excluding carboxylic acids is 4. The molecule has 0 spiro atoms. The molecule has 2 aliphatic rings. The van der Waals surface area contributed by atoms with Crippen molar-refractivity contribution in [2.45, 2.75) is 133 Å². The number of amides is 1. The van der Waals surface area contributed by atoms with Crippen molar-refractivity contribution in [3.63, 3.8) is 0 Å². The lowest BCUT2D eigenvalue weighted by atomic mass is 9.95. The van der Waals surface area contributed by atoms with Gasteiger partial charge in [-0.2, -0.15) is 0 Å². The maximum atomic E-state index is 10.4. The number of benzene rings is 4. The fraction of sp³-hybridized carbons (Fsp3) is 0.451. The molecular formula is C51H76N4O9P2S2. The molecule has 68 heavy (non-hydrogen) atoms. The van der Waals surface area contributed by atoms with Crippen LogP contribution in [0.3, 0.4) is 0 Å². The number of ether oxygens (including phenoxy) is 5. The molecule has 1 amide bonds. The molecule has 0 radical (unpaired) electrons. The number of fused-ring (bicyclic) bond motifs is 4. The van der Waals surface area contributed by atoms with E-state index in [1.807, 2.05) is 97.0 Å². The minimum absolute atomic E-state index is 0.0395. The monoisotopic (exact) mass is 1010 g/mol. The molecule has 1 aliphatic carbocycles. The Bertz CT molecular complexity index is 2140. The maximum Gasteiger partial charge on any atom is 0.303 e. The highest BCUT2D eigenvalue weighted by atomic mass is 32.7. The summed E-state index contributed by atoms with van der Waals surface area (Å²) in [5.41, 5.74) is 28.7. The van der Waals surface area contributed by atoms with Gasteiger partial charge in [0.05, 0.1) is 12.1 Å². The summed E-state index contributed by atoms with van der Waals surface area (Å²) in [5, 5.41) is 0. The maximum absolute atomic E-state index is 10.4. The van der Waals surface area contributed by atoms with E-state index < -0.39 is 17.8 Å². The van der Waals surface area contributed by atoms with Crippen LogP contribution in [-0.2, 0) is 65.1 Å². The Morgan fingerprint density at radius 3 is 1.53 bits per heavy atom. The Morgan fingerprint density at radius 2 is 1.04 bits per heavy atom. The van der Waals surface area contributed by atoms with Crippen molar-refractivity contribution in [3.05, 3.63) is 118 Å². The number of rotatable bonds is 8. The number of primary amides is 1. The first-order chi connectivity index (χ1) is 32.1. The Hall–Kier alpha value is -4.72. The summed E-state index contributed by atoms with van der Waals surface area (Å²) < 4.78 is 26.4. The van der Waals surface area contributed by atoms with E-state index in [4.69, 9.17) is 25.7 Å². The fourth-order valence-electron chi connectivity index (χ4n) is 5.87. The van der Waals surface area contributed by atoms with Gasteiger partial charge in [-0.25, -0.2) is 0 Å². The van der Waals surface area contributed by atoms with Crippen molar-refractivity contribution in [2.24, 2.45) is 22.9 Å². The molecule has 2 unspecified atom stereocenters. The predicted octanol–water partition coefficient (Wildman–Crippen LogP) is 10.9. The van der Waals surface area contributed by atoms with Crippen LogP contribution in [0.4, 0.5) is 0 Å². The van der Waals surface area contributed by atoms with Crippen LogP contribution in [0.25, 0.3) is 0 Å². The van der Waals surface area contributed by atoms with Crippen LogP contribution < -0.4 is 37.1 Å². The standard InChI is InChI=1S/C19H23NO.C17H19NO2.C6H10O3.C4H7NO3.2C2H6.CH5N.P2S2/c1-19(2,3)21-15-10-11-17-14(12-15)9-8-13-6-4-5-7-16(13)18(17)20;1-17(2,3)20-11-8-9-15-13(10-11)16(18)12-6-4-5-7-14(12)19-15;1-3-6(8)4-9-5(2)7;1-3(6)8-2-4(5)7;3*1-2;3-1-2-4/h4-7,10-12,18H,8-9,20H2,1-3H3;4-10,16H,18H2,1-3H3;3-4H2,1-2H3;2H2,1H3,(H2,5,7);2*1-2H3;2H2,1H3;. The smallest absolute Gasteiger partial charge is 0.303 e. The average molecular weight is 1020 g/mol. The van der Waals surface area contributed by atoms with Crippen molar-refractivity contribution in [1.82, 2.24) is 0 Å². The van der Waals surface area contributed by atoms with Crippen LogP contribution in [0, 0.1) is 0 Å². The highest BCUT2D eigenvalue weighted by Crippen LogP contribution is 2.43. The molecule has 8 N–H and O–H groups in total. The molecule has 0 saturated heterocycles. The topological polar surface area (TPSA) is 219 Å². The predicted molar refractivity (Wildman–Crippen MR) is 285 cm³/mol. The van der Waals surface area contributed by atoms with Crippen LogP contribution in [0.2, 0.25) is 0 Å². The van der Waals surface area contributed by atoms with Gasteiger partial charge in [-0.3, -0.25) is 19.2 Å². The second-order valence-electron chi connectivity index (χ2n) is 15.9. The summed E-state index contributed by atoms with van der Waals surface area (Å²) in [6.07, 6.45) is 2.48. The molecule has 6 rings (SSSR count). The van der Waals surface area contributed by atoms with Crippen molar-refractivity contribution in [2.75, 3.05) is 20.3 Å². The van der Waals surface area contributed by atoms with Crippen molar-refractivity contribution in [3.8, 4) is 23.0 Å². The molecule has 0 fully saturated rings. The highest BCUT2D eigenvalue weighted by Gasteiger charge is 2.26. The first kappa shape index (κ1) is 65.4. The number of hydrogen-bond acceptors (Lipinski definition) is 14. The second kappa shape index (κ2) is 35.4. The molecule has 0 aromatic heterocycles. The van der Waals surface area contributed by atoms with Crippen LogP contribution in [0.15, 0.2) is 84.9 Å². The van der Waals surface area contributed by atoms with Crippen molar-refractivity contribution < 1.29 is 42.9 Å². The molecule has 4 aromatic rings. The molecule has 1 aliphatic heterocycles. The van der Waals surface area contributed by atoms with E-state index >= 15 is 0 Å². The molecule has 1 heterocycles. The number of aryl methyl sites for hydroxylation is 2. The van der Waals surface area contributed by atoms with Gasteiger partial charge in [0.15, 0.2) is 12.4 Å². The zero-order chi connectivity index (χ0) is 52.6. The largest absolute Gasteiger partial charge is 0.488 e. The summed E-state index contributed by atoms with van der Waals surface area (Å²) in [6, 6.07) is 28.3. The normalized spacial score (nSPS) is 13.3. The van der Waals surface area contributed by atoms with Gasteiger partial charge >= 0.3 is 11.9 Å². The third kappa shape index (κ3) is 26.7. The van der Waals surface area contributed by atoms with Gasteiger partial charge in [-0.1, -0.05) is 83.1 Å². The first-order valence-electron chi connectivity index (χ1n) is 22.4. The lowest BCUT2D eigenvalue weighted by molar-refractivity contribution is -0.145. The first-order valence-corrected chi connectivity index (χ1v) is 26.9. The Balaban J connectivity index is 0. The lowest BCUT2D eigenvalue weighted by Crippen LogP contribution is -2.23. The van der Waals surface area contributed by atoms with E-state index in [0.717, 1.165) is 61.1 Å². The quantitative estimate of drug-likeness (QED) is 0.0954. The lowest BCUT2D eigenvalue weighted by Gasteiger charge is -2.27. The van der Waals surface area contributed by atoms with E-state index in [-0.39, 0.29) is 42.3 Å². The van der Waals surface area contributed by atoms with Gasteiger partial charge in [0.1, 0.15) is 40.8 Å². The van der Waals surface area contributed by atoms with E-state index in [9.17, 15) is 19.2 Å². The number of para-hydroxylation sites is 1.